The van der Waals surface area contributed by atoms with Crippen molar-refractivity contribution >= 4 is 53.0 Å². The van der Waals surface area contributed by atoms with Gasteiger partial charge in [0.15, 0.2) is 0 Å². The molecule has 0 spiro atoms. The summed E-state index contributed by atoms with van der Waals surface area (Å²) in [5.41, 5.74) is 2.29. The molecule has 1 aromatic heterocycles. The first-order valence-electron chi connectivity index (χ1n) is 13.7. The lowest BCUT2D eigenvalue weighted by atomic mass is 10.0. The second kappa shape index (κ2) is 13.8. The Bertz CT molecular complexity index is 1640. The molecular formula is C32H32ClFN6O2S. The molecule has 43 heavy (non-hydrogen) atoms. The molecule has 0 bridgehead atoms. The van der Waals surface area contributed by atoms with Gasteiger partial charge in [-0.05, 0) is 48.9 Å². The van der Waals surface area contributed by atoms with E-state index in [1.807, 2.05) is 42.3 Å². The number of nitriles is 1. The SMILES string of the molecule is C=CC(=O)N1CCN(C(=Nc2c(SC)cccc2C(C)C)c2cc(F)c(-c3cccc(C#N)c3Cl)nc2NC=O)C(C)C1. The standard InChI is InChI=1S/C32H32ClFN6O2S/c1-6-27(42)39-13-14-40(20(4)17-39)32(38-30-22(19(2)3)10-8-12-26(30)43-5)24-15-25(34)29(37-31(24)36-18-41)23-11-7-9-21(16-35)28(23)33/h6-12,15,18-20H,1,13-14,17H2,2-5H3,(H,36,37,41). The highest BCUT2D eigenvalue weighted by Gasteiger charge is 2.31. The van der Waals surface area contributed by atoms with E-state index >= 15 is 4.39 Å². The van der Waals surface area contributed by atoms with E-state index in [0.717, 1.165) is 16.1 Å². The Kier molecular flexibility index (Phi) is 10.2. The van der Waals surface area contributed by atoms with Crippen LogP contribution in [0.5, 0.6) is 0 Å². The van der Waals surface area contributed by atoms with Crippen molar-refractivity contribution in [3.8, 4) is 17.3 Å². The van der Waals surface area contributed by atoms with Gasteiger partial charge in [-0.3, -0.25) is 9.59 Å². The van der Waals surface area contributed by atoms with Gasteiger partial charge in [-0.1, -0.05) is 56.3 Å². The predicted molar refractivity (Wildman–Crippen MR) is 170 cm³/mol. The Morgan fingerprint density at radius 1 is 1.30 bits per heavy atom. The molecule has 2 amide bonds. The summed E-state index contributed by atoms with van der Waals surface area (Å²) in [5, 5.41) is 12.1. The van der Waals surface area contributed by atoms with E-state index in [0.29, 0.717) is 31.9 Å². The molecular weight excluding hydrogens is 587 g/mol. The molecule has 1 unspecified atom stereocenters. The van der Waals surface area contributed by atoms with Crippen LogP contribution in [0.4, 0.5) is 15.9 Å². The third-order valence-electron chi connectivity index (χ3n) is 7.26. The molecule has 2 aromatic carbocycles. The van der Waals surface area contributed by atoms with Gasteiger partial charge in [-0.25, -0.2) is 14.4 Å². The number of aliphatic imine (C=N–C) groups is 1. The van der Waals surface area contributed by atoms with Gasteiger partial charge >= 0.3 is 0 Å². The van der Waals surface area contributed by atoms with Crippen molar-refractivity contribution < 1.29 is 14.0 Å². The molecule has 1 atom stereocenters. The summed E-state index contributed by atoms with van der Waals surface area (Å²) in [6.07, 6.45) is 3.73. The minimum absolute atomic E-state index is 0.0576. The zero-order valence-electron chi connectivity index (χ0n) is 24.4. The number of hydrogen-bond donors (Lipinski definition) is 1. The number of amidine groups is 1. The monoisotopic (exact) mass is 618 g/mol. The van der Waals surface area contributed by atoms with E-state index in [2.05, 4.69) is 30.7 Å². The number of para-hydroxylation sites is 1. The predicted octanol–water partition coefficient (Wildman–Crippen LogP) is 6.62. The number of benzene rings is 2. The number of carbonyl (C=O) groups excluding carboxylic acids is 2. The smallest absolute Gasteiger partial charge is 0.246 e. The minimum atomic E-state index is -0.702. The molecule has 1 saturated heterocycles. The zero-order chi connectivity index (χ0) is 31.3. The Hall–Kier alpha value is -4.20. The van der Waals surface area contributed by atoms with Gasteiger partial charge in [0.2, 0.25) is 12.3 Å². The van der Waals surface area contributed by atoms with Crippen LogP contribution >= 0.6 is 23.4 Å². The molecule has 1 N–H and O–H groups in total. The highest BCUT2D eigenvalue weighted by atomic mass is 35.5. The van der Waals surface area contributed by atoms with Gasteiger partial charge in [0, 0.05) is 36.1 Å². The summed E-state index contributed by atoms with van der Waals surface area (Å²) in [7, 11) is 0. The van der Waals surface area contributed by atoms with Crippen LogP contribution in [0, 0.1) is 17.1 Å². The molecule has 11 heteroatoms. The Morgan fingerprint density at radius 3 is 2.67 bits per heavy atom. The largest absolute Gasteiger partial charge is 0.350 e. The number of pyridine rings is 1. The fourth-order valence-electron chi connectivity index (χ4n) is 5.09. The maximum atomic E-state index is 16.0. The highest BCUT2D eigenvalue weighted by Crippen LogP contribution is 2.38. The van der Waals surface area contributed by atoms with Gasteiger partial charge in [-0.2, -0.15) is 5.26 Å². The van der Waals surface area contributed by atoms with Crippen LogP contribution < -0.4 is 5.32 Å². The van der Waals surface area contributed by atoms with Crippen molar-refractivity contribution in [3.05, 3.63) is 82.6 Å². The molecule has 222 valence electrons. The average Bonchev–Trinajstić information content (AvgIpc) is 3.00. The van der Waals surface area contributed by atoms with E-state index in [-0.39, 0.29) is 51.1 Å². The summed E-state index contributed by atoms with van der Waals surface area (Å²) in [6, 6.07) is 13.7. The molecule has 0 saturated carbocycles. The van der Waals surface area contributed by atoms with Crippen LogP contribution in [0.15, 0.2) is 65.0 Å². The first-order chi connectivity index (χ1) is 20.6. The van der Waals surface area contributed by atoms with E-state index in [4.69, 9.17) is 16.6 Å². The lowest BCUT2D eigenvalue weighted by Gasteiger charge is -2.41. The molecule has 1 aliphatic rings. The Morgan fingerprint density at radius 2 is 2.05 bits per heavy atom. The Balaban J connectivity index is 1.98. The van der Waals surface area contributed by atoms with Crippen molar-refractivity contribution in [2.24, 2.45) is 4.99 Å². The Labute approximate surface area is 260 Å². The van der Waals surface area contributed by atoms with E-state index in [9.17, 15) is 14.9 Å². The second-order valence-corrected chi connectivity index (χ2v) is 11.5. The molecule has 3 aromatic rings. The number of thioether (sulfide) groups is 1. The van der Waals surface area contributed by atoms with Crippen LogP contribution in [0.1, 0.15) is 43.4 Å². The number of amides is 2. The molecule has 0 aliphatic carbocycles. The van der Waals surface area contributed by atoms with Crippen molar-refractivity contribution in [2.75, 3.05) is 31.2 Å². The van der Waals surface area contributed by atoms with E-state index in [1.165, 1.54) is 18.2 Å². The maximum absolute atomic E-state index is 16.0. The molecule has 1 aliphatic heterocycles. The van der Waals surface area contributed by atoms with Crippen LogP contribution in [0.2, 0.25) is 5.02 Å². The van der Waals surface area contributed by atoms with Gasteiger partial charge in [-0.15, -0.1) is 11.8 Å². The molecule has 8 nitrogen and oxygen atoms in total. The van der Waals surface area contributed by atoms with Crippen LogP contribution in [0.25, 0.3) is 11.3 Å². The first kappa shape index (κ1) is 31.7. The van der Waals surface area contributed by atoms with Crippen molar-refractivity contribution in [2.45, 2.75) is 37.6 Å². The topological polar surface area (TPSA) is 102 Å². The number of anilines is 1. The maximum Gasteiger partial charge on any atom is 0.246 e. The summed E-state index contributed by atoms with van der Waals surface area (Å²) in [4.78, 5) is 38.6. The lowest BCUT2D eigenvalue weighted by molar-refractivity contribution is -0.128. The second-order valence-electron chi connectivity index (χ2n) is 10.3. The number of nitrogens with zero attached hydrogens (tertiary/aromatic N) is 5. The number of carbonyl (C=O) groups is 2. The summed E-state index contributed by atoms with van der Waals surface area (Å²) in [5.74, 6) is -0.247. The lowest BCUT2D eigenvalue weighted by Crippen LogP contribution is -2.55. The number of hydrogen-bond acceptors (Lipinski definition) is 6. The number of nitrogens with one attached hydrogen (secondary N) is 1. The summed E-state index contributed by atoms with van der Waals surface area (Å²) in [6.45, 7) is 10.9. The highest BCUT2D eigenvalue weighted by molar-refractivity contribution is 7.98. The van der Waals surface area contributed by atoms with Crippen LogP contribution in [0.3, 0.4) is 0 Å². The van der Waals surface area contributed by atoms with Crippen LogP contribution in [-0.4, -0.2) is 64.9 Å². The average molecular weight is 619 g/mol. The van der Waals surface area contributed by atoms with E-state index < -0.39 is 5.82 Å². The summed E-state index contributed by atoms with van der Waals surface area (Å²) < 4.78 is 16.0. The van der Waals surface area contributed by atoms with Crippen molar-refractivity contribution in [1.29, 1.82) is 5.26 Å². The number of piperazine rings is 1. The fourth-order valence-corrected chi connectivity index (χ4v) is 5.92. The normalized spacial score (nSPS) is 15.3. The molecule has 1 fully saturated rings. The fraction of sp³-hybridized carbons (Fsp3) is 0.281. The molecule has 0 radical (unpaired) electrons. The third kappa shape index (κ3) is 6.58. The van der Waals surface area contributed by atoms with Gasteiger partial charge in [0.05, 0.1) is 21.8 Å². The summed E-state index contributed by atoms with van der Waals surface area (Å²) >= 11 is 7.98. The van der Waals surface area contributed by atoms with Crippen molar-refractivity contribution in [3.63, 3.8) is 0 Å². The van der Waals surface area contributed by atoms with E-state index in [1.54, 1.807) is 28.8 Å². The van der Waals surface area contributed by atoms with Crippen LogP contribution in [-0.2, 0) is 9.59 Å². The number of rotatable bonds is 8. The zero-order valence-corrected chi connectivity index (χ0v) is 26.0. The molecule has 2 heterocycles. The van der Waals surface area contributed by atoms with Gasteiger partial charge in [0.25, 0.3) is 0 Å². The first-order valence-corrected chi connectivity index (χ1v) is 15.3. The molecule has 4 rings (SSSR count). The quantitative estimate of drug-likeness (QED) is 0.100. The van der Waals surface area contributed by atoms with Gasteiger partial charge in [0.1, 0.15) is 29.2 Å². The minimum Gasteiger partial charge on any atom is -0.350 e. The third-order valence-corrected chi connectivity index (χ3v) is 8.44. The number of halogens is 2. The van der Waals surface area contributed by atoms with Crippen molar-refractivity contribution in [1.82, 2.24) is 14.8 Å². The van der Waals surface area contributed by atoms with Gasteiger partial charge < -0.3 is 15.1 Å². The number of aromatic nitrogens is 1.